The Morgan fingerprint density at radius 3 is 2.74 bits per heavy atom. The first-order valence-electron chi connectivity index (χ1n) is 8.77. The molecule has 1 unspecified atom stereocenters. The molecular formula is C17H28N4O2. The molecule has 1 aliphatic heterocycles. The van der Waals surface area contributed by atoms with Crippen molar-refractivity contribution in [3.63, 3.8) is 0 Å². The number of carbonyl (C=O) groups is 1. The largest absolute Gasteiger partial charge is 0.480 e. The first-order valence-corrected chi connectivity index (χ1v) is 8.77. The Labute approximate surface area is 137 Å². The van der Waals surface area contributed by atoms with Gasteiger partial charge in [-0.05, 0) is 38.0 Å². The first-order chi connectivity index (χ1) is 11.0. The second-order valence-corrected chi connectivity index (χ2v) is 7.33. The lowest BCUT2D eigenvalue weighted by atomic mass is 9.87. The van der Waals surface area contributed by atoms with Crippen LogP contribution in [0, 0.1) is 5.92 Å². The van der Waals surface area contributed by atoms with Crippen LogP contribution in [-0.4, -0.2) is 50.7 Å². The van der Waals surface area contributed by atoms with Gasteiger partial charge in [-0.25, -0.2) is 4.98 Å². The maximum atomic E-state index is 11.6. The van der Waals surface area contributed by atoms with Crippen molar-refractivity contribution in [3.05, 3.63) is 18.2 Å². The zero-order valence-electron chi connectivity index (χ0n) is 13.9. The third-order valence-electron chi connectivity index (χ3n) is 5.45. The molecule has 3 rings (SSSR count). The standard InChI is InChI=1S/C17H28N4O2/c1-12-2-4-15(5-3-12)21-10-14(19-11-21)8-16(17(22)23)20-7-6-13(18)9-20/h10-13,15-16H,2-9,18H2,1H3,(H,22,23)/t12-,13-,15-,16?/m0/s1. The Morgan fingerprint density at radius 2 is 2.13 bits per heavy atom. The van der Waals surface area contributed by atoms with Crippen molar-refractivity contribution in [2.45, 2.75) is 63.6 Å². The van der Waals surface area contributed by atoms with Gasteiger partial charge in [-0.15, -0.1) is 0 Å². The normalized spacial score (nSPS) is 30.4. The minimum absolute atomic E-state index is 0.0960. The van der Waals surface area contributed by atoms with E-state index in [1.165, 1.54) is 25.7 Å². The van der Waals surface area contributed by atoms with Crippen molar-refractivity contribution in [1.29, 1.82) is 0 Å². The number of hydrogen-bond donors (Lipinski definition) is 2. The minimum Gasteiger partial charge on any atom is -0.480 e. The Kier molecular flexibility index (Phi) is 5.02. The Bertz CT molecular complexity index is 536. The quantitative estimate of drug-likeness (QED) is 0.862. The topological polar surface area (TPSA) is 84.4 Å². The molecule has 0 radical (unpaired) electrons. The highest BCUT2D eigenvalue weighted by Gasteiger charge is 2.31. The molecule has 0 aromatic carbocycles. The molecule has 1 aromatic rings. The molecule has 2 fully saturated rings. The van der Waals surface area contributed by atoms with Crippen molar-refractivity contribution in [1.82, 2.24) is 14.5 Å². The third kappa shape index (κ3) is 3.93. The fourth-order valence-electron chi connectivity index (χ4n) is 3.89. The third-order valence-corrected chi connectivity index (χ3v) is 5.45. The summed E-state index contributed by atoms with van der Waals surface area (Å²) in [6, 6.07) is 0.104. The van der Waals surface area contributed by atoms with Crippen LogP contribution in [0.25, 0.3) is 0 Å². The summed E-state index contributed by atoms with van der Waals surface area (Å²) in [6.45, 7) is 3.74. The van der Waals surface area contributed by atoms with Crippen molar-refractivity contribution in [3.8, 4) is 0 Å². The van der Waals surface area contributed by atoms with Crippen LogP contribution in [0.1, 0.15) is 50.8 Å². The van der Waals surface area contributed by atoms with Crippen molar-refractivity contribution < 1.29 is 9.90 Å². The molecule has 2 atom stereocenters. The van der Waals surface area contributed by atoms with Gasteiger partial charge in [0, 0.05) is 37.8 Å². The molecule has 2 aliphatic rings. The van der Waals surface area contributed by atoms with Crippen molar-refractivity contribution in [2.24, 2.45) is 11.7 Å². The van der Waals surface area contributed by atoms with Crippen LogP contribution in [0.2, 0.25) is 0 Å². The first kappa shape index (κ1) is 16.5. The van der Waals surface area contributed by atoms with Gasteiger partial charge in [0.05, 0.1) is 12.0 Å². The van der Waals surface area contributed by atoms with E-state index >= 15 is 0 Å². The van der Waals surface area contributed by atoms with E-state index in [-0.39, 0.29) is 6.04 Å². The number of nitrogens with two attached hydrogens (primary N) is 1. The monoisotopic (exact) mass is 320 g/mol. The van der Waals surface area contributed by atoms with Crippen LogP contribution in [0.3, 0.4) is 0 Å². The predicted molar refractivity (Wildman–Crippen MR) is 88.2 cm³/mol. The van der Waals surface area contributed by atoms with E-state index in [0.29, 0.717) is 19.0 Å². The molecule has 1 saturated carbocycles. The summed E-state index contributed by atoms with van der Waals surface area (Å²) in [4.78, 5) is 18.1. The van der Waals surface area contributed by atoms with Crippen LogP contribution in [0.5, 0.6) is 0 Å². The molecule has 0 spiro atoms. The summed E-state index contributed by atoms with van der Waals surface area (Å²) >= 11 is 0. The van der Waals surface area contributed by atoms with Gasteiger partial charge < -0.3 is 15.4 Å². The number of likely N-dealkylation sites (tertiary alicyclic amines) is 1. The molecule has 1 aromatic heterocycles. The summed E-state index contributed by atoms with van der Waals surface area (Å²) < 4.78 is 2.19. The Balaban J connectivity index is 1.63. The number of nitrogens with zero attached hydrogens (tertiary/aromatic N) is 3. The number of carboxylic acids is 1. The maximum absolute atomic E-state index is 11.6. The predicted octanol–water partition coefficient (Wildman–Crippen LogP) is 1.66. The summed E-state index contributed by atoms with van der Waals surface area (Å²) in [5.74, 6) is 0.0464. The number of carboxylic acid groups (broad SMARTS) is 1. The molecule has 6 nitrogen and oxygen atoms in total. The van der Waals surface area contributed by atoms with Crippen molar-refractivity contribution >= 4 is 5.97 Å². The molecular weight excluding hydrogens is 292 g/mol. The second kappa shape index (κ2) is 7.01. The van der Waals surface area contributed by atoms with Gasteiger partial charge in [-0.2, -0.15) is 0 Å². The second-order valence-electron chi connectivity index (χ2n) is 7.33. The molecule has 3 N–H and O–H groups in total. The summed E-state index contributed by atoms with van der Waals surface area (Å²) in [5.41, 5.74) is 6.79. The van der Waals surface area contributed by atoms with E-state index in [0.717, 1.165) is 24.6 Å². The average Bonchev–Trinajstić information content (AvgIpc) is 3.14. The summed E-state index contributed by atoms with van der Waals surface area (Å²) in [5, 5.41) is 9.55. The molecule has 2 heterocycles. The van der Waals surface area contributed by atoms with Gasteiger partial charge in [0.2, 0.25) is 0 Å². The Morgan fingerprint density at radius 1 is 1.39 bits per heavy atom. The number of aromatic nitrogens is 2. The van der Waals surface area contributed by atoms with E-state index in [1.54, 1.807) is 0 Å². The van der Waals surface area contributed by atoms with Crippen LogP contribution in [0.4, 0.5) is 0 Å². The fourth-order valence-corrected chi connectivity index (χ4v) is 3.89. The molecule has 23 heavy (non-hydrogen) atoms. The number of imidazole rings is 1. The number of aliphatic carboxylic acids is 1. The van der Waals surface area contributed by atoms with Gasteiger partial charge in [0.25, 0.3) is 0 Å². The fraction of sp³-hybridized carbons (Fsp3) is 0.765. The molecule has 128 valence electrons. The van der Waals surface area contributed by atoms with E-state index in [1.807, 2.05) is 17.4 Å². The molecule has 6 heteroatoms. The lowest BCUT2D eigenvalue weighted by Crippen LogP contribution is -2.42. The van der Waals surface area contributed by atoms with Crippen LogP contribution < -0.4 is 5.73 Å². The van der Waals surface area contributed by atoms with E-state index in [2.05, 4.69) is 16.5 Å². The van der Waals surface area contributed by atoms with Gasteiger partial charge in [-0.3, -0.25) is 9.69 Å². The van der Waals surface area contributed by atoms with Crippen LogP contribution >= 0.6 is 0 Å². The summed E-state index contributed by atoms with van der Waals surface area (Å²) in [7, 11) is 0. The highest BCUT2D eigenvalue weighted by atomic mass is 16.4. The Hall–Kier alpha value is -1.40. The van der Waals surface area contributed by atoms with Gasteiger partial charge >= 0.3 is 5.97 Å². The lowest BCUT2D eigenvalue weighted by molar-refractivity contribution is -0.142. The number of hydrogen-bond acceptors (Lipinski definition) is 4. The molecule has 1 saturated heterocycles. The molecule has 1 aliphatic carbocycles. The van der Waals surface area contributed by atoms with E-state index < -0.39 is 12.0 Å². The summed E-state index contributed by atoms with van der Waals surface area (Å²) in [6.07, 6.45) is 10.2. The minimum atomic E-state index is -0.778. The number of rotatable bonds is 5. The zero-order valence-corrected chi connectivity index (χ0v) is 13.9. The molecule has 0 bridgehead atoms. The zero-order chi connectivity index (χ0) is 16.4. The highest BCUT2D eigenvalue weighted by Crippen LogP contribution is 2.31. The van der Waals surface area contributed by atoms with Crippen LogP contribution in [0.15, 0.2) is 12.5 Å². The van der Waals surface area contributed by atoms with E-state index in [4.69, 9.17) is 5.73 Å². The van der Waals surface area contributed by atoms with Gasteiger partial charge in [-0.1, -0.05) is 6.92 Å². The molecule has 0 amide bonds. The van der Waals surface area contributed by atoms with Crippen molar-refractivity contribution in [2.75, 3.05) is 13.1 Å². The van der Waals surface area contributed by atoms with Gasteiger partial charge in [0.15, 0.2) is 0 Å². The average molecular weight is 320 g/mol. The smallest absolute Gasteiger partial charge is 0.321 e. The highest BCUT2D eigenvalue weighted by molar-refractivity contribution is 5.73. The van der Waals surface area contributed by atoms with E-state index in [9.17, 15) is 9.90 Å². The lowest BCUT2D eigenvalue weighted by Gasteiger charge is -2.27. The van der Waals surface area contributed by atoms with Gasteiger partial charge in [0.1, 0.15) is 6.04 Å². The SMILES string of the molecule is C[C@H]1CC[C@H](n2cnc(CC(C(=O)O)N3CC[C@H](N)C3)c2)CC1. The van der Waals surface area contributed by atoms with Crippen LogP contribution in [-0.2, 0) is 11.2 Å². The maximum Gasteiger partial charge on any atom is 0.321 e.